The van der Waals surface area contributed by atoms with Crippen molar-refractivity contribution in [2.45, 2.75) is 53.0 Å². The van der Waals surface area contributed by atoms with Crippen molar-refractivity contribution in [3.8, 4) is 0 Å². The number of hydrogen-bond acceptors (Lipinski definition) is 2. The molecule has 2 nitrogen and oxygen atoms in total. The Labute approximate surface area is 112 Å². The summed E-state index contributed by atoms with van der Waals surface area (Å²) in [6, 6.07) is 6.82. The molecule has 1 aromatic carbocycles. The van der Waals surface area contributed by atoms with Crippen LogP contribution in [0.25, 0.3) is 0 Å². The molecule has 0 heterocycles. The van der Waals surface area contributed by atoms with Crippen molar-refractivity contribution >= 4 is 0 Å². The zero-order chi connectivity index (χ0) is 13.8. The molecule has 2 heteroatoms. The summed E-state index contributed by atoms with van der Waals surface area (Å²) in [5.74, 6) is 0. The van der Waals surface area contributed by atoms with E-state index < -0.39 is 0 Å². The van der Waals surface area contributed by atoms with E-state index in [1.54, 1.807) is 0 Å². The van der Waals surface area contributed by atoms with E-state index in [9.17, 15) is 0 Å². The minimum Gasteiger partial charge on any atom is -0.330 e. The second-order valence-corrected chi connectivity index (χ2v) is 6.34. The van der Waals surface area contributed by atoms with Gasteiger partial charge in [-0.3, -0.25) is 0 Å². The quantitative estimate of drug-likeness (QED) is 0.785. The van der Waals surface area contributed by atoms with Gasteiger partial charge in [0.15, 0.2) is 0 Å². The topological polar surface area (TPSA) is 52.0 Å². The van der Waals surface area contributed by atoms with Crippen LogP contribution in [0.2, 0.25) is 0 Å². The predicted octanol–water partition coefficient (Wildman–Crippen LogP) is 3.32. The maximum atomic E-state index is 6.34. The maximum Gasteiger partial charge on any atom is 0.0344 e. The van der Waals surface area contributed by atoms with Gasteiger partial charge >= 0.3 is 0 Å². The van der Waals surface area contributed by atoms with Crippen molar-refractivity contribution in [1.82, 2.24) is 0 Å². The van der Waals surface area contributed by atoms with Crippen molar-refractivity contribution in [2.24, 2.45) is 16.9 Å². The molecule has 1 atom stereocenters. The van der Waals surface area contributed by atoms with Crippen molar-refractivity contribution in [3.05, 3.63) is 34.9 Å². The van der Waals surface area contributed by atoms with E-state index in [1.807, 2.05) is 0 Å². The molecule has 0 saturated heterocycles. The summed E-state index contributed by atoms with van der Waals surface area (Å²) in [6.45, 7) is 9.49. The molecule has 1 rings (SSSR count). The van der Waals surface area contributed by atoms with E-state index in [1.165, 1.54) is 16.7 Å². The van der Waals surface area contributed by atoms with E-state index in [4.69, 9.17) is 11.5 Å². The van der Waals surface area contributed by atoms with E-state index in [0.29, 0.717) is 0 Å². The number of rotatable bonds is 5. The fraction of sp³-hybridized carbons (Fsp3) is 0.625. The van der Waals surface area contributed by atoms with Gasteiger partial charge in [0.1, 0.15) is 0 Å². The molecule has 0 aromatic heterocycles. The molecule has 0 aliphatic rings. The lowest BCUT2D eigenvalue weighted by atomic mass is 9.82. The summed E-state index contributed by atoms with van der Waals surface area (Å²) in [5, 5.41) is 0. The van der Waals surface area contributed by atoms with Gasteiger partial charge in [0, 0.05) is 6.04 Å². The molecular formula is C16H28N2. The lowest BCUT2D eigenvalue weighted by molar-refractivity contribution is 0.327. The first kappa shape index (κ1) is 15.2. The SMILES string of the molecule is Cc1cc(CCCCN)cc(C(N)C(C)(C)C)c1. The molecule has 0 spiro atoms. The minimum absolute atomic E-state index is 0.0886. The summed E-state index contributed by atoms with van der Waals surface area (Å²) in [6.07, 6.45) is 3.35. The summed E-state index contributed by atoms with van der Waals surface area (Å²) >= 11 is 0. The summed E-state index contributed by atoms with van der Waals surface area (Å²) in [7, 11) is 0. The Morgan fingerprint density at radius 1 is 1.11 bits per heavy atom. The van der Waals surface area contributed by atoms with Crippen LogP contribution in [0.3, 0.4) is 0 Å². The highest BCUT2D eigenvalue weighted by atomic mass is 14.7. The standard InChI is InChI=1S/C16H28N2/c1-12-9-13(7-5-6-8-17)11-14(10-12)15(18)16(2,3)4/h9-11,15H,5-8,17-18H2,1-4H3. The lowest BCUT2D eigenvalue weighted by Gasteiger charge is -2.28. The molecule has 4 N–H and O–H groups in total. The first-order chi connectivity index (χ1) is 8.34. The summed E-state index contributed by atoms with van der Waals surface area (Å²) < 4.78 is 0. The van der Waals surface area contributed by atoms with Crippen molar-refractivity contribution in [2.75, 3.05) is 6.54 Å². The van der Waals surface area contributed by atoms with E-state index in [-0.39, 0.29) is 11.5 Å². The lowest BCUT2D eigenvalue weighted by Crippen LogP contribution is -2.26. The van der Waals surface area contributed by atoms with Crippen LogP contribution >= 0.6 is 0 Å². The van der Waals surface area contributed by atoms with E-state index in [2.05, 4.69) is 45.9 Å². The Hall–Kier alpha value is -0.860. The third-order valence-electron chi connectivity index (χ3n) is 3.37. The van der Waals surface area contributed by atoms with Crippen LogP contribution in [-0.4, -0.2) is 6.54 Å². The molecule has 0 aliphatic heterocycles. The van der Waals surface area contributed by atoms with Crippen LogP contribution in [0.4, 0.5) is 0 Å². The van der Waals surface area contributed by atoms with Crippen LogP contribution in [-0.2, 0) is 6.42 Å². The Balaban J connectivity index is 2.87. The highest BCUT2D eigenvalue weighted by molar-refractivity contribution is 5.32. The Bertz CT molecular complexity index is 377. The van der Waals surface area contributed by atoms with Gasteiger partial charge in [-0.15, -0.1) is 0 Å². The van der Waals surface area contributed by atoms with Crippen LogP contribution in [0.1, 0.15) is 56.3 Å². The largest absolute Gasteiger partial charge is 0.330 e. The number of benzene rings is 1. The Kier molecular flexibility index (Phi) is 5.36. The zero-order valence-electron chi connectivity index (χ0n) is 12.3. The van der Waals surface area contributed by atoms with Gasteiger partial charge in [0.25, 0.3) is 0 Å². The monoisotopic (exact) mass is 248 g/mol. The zero-order valence-corrected chi connectivity index (χ0v) is 12.3. The molecule has 0 radical (unpaired) electrons. The first-order valence-corrected chi connectivity index (χ1v) is 6.90. The van der Waals surface area contributed by atoms with Crippen molar-refractivity contribution in [1.29, 1.82) is 0 Å². The van der Waals surface area contributed by atoms with Crippen molar-refractivity contribution < 1.29 is 0 Å². The average Bonchev–Trinajstić information content (AvgIpc) is 2.26. The molecule has 1 unspecified atom stereocenters. The average molecular weight is 248 g/mol. The van der Waals surface area contributed by atoms with Gasteiger partial charge in [0.2, 0.25) is 0 Å². The second-order valence-electron chi connectivity index (χ2n) is 6.34. The van der Waals surface area contributed by atoms with Gasteiger partial charge < -0.3 is 11.5 Å². The van der Waals surface area contributed by atoms with Gasteiger partial charge in [0.05, 0.1) is 0 Å². The molecule has 1 aromatic rings. The molecule has 0 aliphatic carbocycles. The van der Waals surface area contributed by atoms with E-state index in [0.717, 1.165) is 25.8 Å². The number of hydrogen-bond donors (Lipinski definition) is 2. The highest BCUT2D eigenvalue weighted by Gasteiger charge is 2.22. The summed E-state index contributed by atoms with van der Waals surface area (Å²) in [5.41, 5.74) is 15.9. The highest BCUT2D eigenvalue weighted by Crippen LogP contribution is 2.31. The first-order valence-electron chi connectivity index (χ1n) is 6.90. The Morgan fingerprint density at radius 2 is 1.78 bits per heavy atom. The molecule has 18 heavy (non-hydrogen) atoms. The van der Waals surface area contributed by atoms with Gasteiger partial charge in [-0.25, -0.2) is 0 Å². The normalized spacial score (nSPS) is 13.7. The van der Waals surface area contributed by atoms with Gasteiger partial charge in [-0.1, -0.05) is 44.5 Å². The molecular weight excluding hydrogens is 220 g/mol. The fourth-order valence-electron chi connectivity index (χ4n) is 2.19. The minimum atomic E-state index is 0.0886. The molecule has 0 bridgehead atoms. The number of nitrogens with two attached hydrogens (primary N) is 2. The number of unbranched alkanes of at least 4 members (excludes halogenated alkanes) is 1. The molecule has 102 valence electrons. The van der Waals surface area contributed by atoms with Crippen molar-refractivity contribution in [3.63, 3.8) is 0 Å². The van der Waals surface area contributed by atoms with Crippen LogP contribution < -0.4 is 11.5 Å². The third kappa shape index (κ3) is 4.43. The smallest absolute Gasteiger partial charge is 0.0344 e. The van der Waals surface area contributed by atoms with Crippen LogP contribution in [0, 0.1) is 12.3 Å². The molecule has 0 fully saturated rings. The number of aryl methyl sites for hydroxylation is 2. The molecule has 0 amide bonds. The maximum absolute atomic E-state index is 6.34. The third-order valence-corrected chi connectivity index (χ3v) is 3.37. The summed E-state index contributed by atoms with van der Waals surface area (Å²) in [4.78, 5) is 0. The van der Waals surface area contributed by atoms with E-state index >= 15 is 0 Å². The predicted molar refractivity (Wildman–Crippen MR) is 79.6 cm³/mol. The van der Waals surface area contributed by atoms with Crippen LogP contribution in [0.5, 0.6) is 0 Å². The fourth-order valence-corrected chi connectivity index (χ4v) is 2.19. The Morgan fingerprint density at radius 3 is 2.33 bits per heavy atom. The second kappa shape index (κ2) is 6.35. The van der Waals surface area contributed by atoms with Crippen LogP contribution in [0.15, 0.2) is 18.2 Å². The van der Waals surface area contributed by atoms with Gasteiger partial charge in [-0.05, 0) is 49.3 Å². The van der Waals surface area contributed by atoms with Gasteiger partial charge in [-0.2, -0.15) is 0 Å². The molecule has 0 saturated carbocycles.